The van der Waals surface area contributed by atoms with Crippen LogP contribution in [0.3, 0.4) is 0 Å². The van der Waals surface area contributed by atoms with Gasteiger partial charge in [-0.25, -0.2) is 0 Å². The highest BCUT2D eigenvalue weighted by Gasteiger charge is 2.08. The van der Waals surface area contributed by atoms with Gasteiger partial charge in [-0.15, -0.1) is 11.8 Å². The summed E-state index contributed by atoms with van der Waals surface area (Å²) < 4.78 is 0. The number of benzene rings is 1. The first-order valence-corrected chi connectivity index (χ1v) is 8.51. The predicted molar refractivity (Wildman–Crippen MR) is 90.8 cm³/mol. The summed E-state index contributed by atoms with van der Waals surface area (Å²) in [6.45, 7) is 1.72. The number of aromatic nitrogens is 2. The molecule has 21 heavy (non-hydrogen) atoms. The zero-order chi connectivity index (χ0) is 15.1. The predicted octanol–water partition coefficient (Wildman–Crippen LogP) is 4.36. The van der Waals surface area contributed by atoms with E-state index in [0.717, 1.165) is 35.9 Å². The minimum absolute atomic E-state index is 0.552. The number of nitrogens with zero attached hydrogens (tertiary/aromatic N) is 2. The number of halogens is 3. The van der Waals surface area contributed by atoms with Crippen molar-refractivity contribution in [2.45, 2.75) is 11.3 Å². The van der Waals surface area contributed by atoms with Crippen molar-refractivity contribution in [1.82, 2.24) is 15.3 Å². The Hall–Kier alpha value is -0.520. The molecule has 0 atom stereocenters. The second-order valence-corrected chi connectivity index (χ2v) is 6.60. The first-order chi connectivity index (χ1) is 10.2. The highest BCUT2D eigenvalue weighted by atomic mass is 35.5. The van der Waals surface area contributed by atoms with Crippen molar-refractivity contribution in [2.24, 2.45) is 0 Å². The number of hydrogen-bond donors (Lipinski definition) is 1. The molecule has 112 valence electrons. The Balaban J connectivity index is 1.68. The van der Waals surface area contributed by atoms with Gasteiger partial charge in [-0.2, -0.15) is 0 Å². The van der Waals surface area contributed by atoms with E-state index in [9.17, 15) is 0 Å². The molecule has 0 saturated carbocycles. The van der Waals surface area contributed by atoms with Crippen molar-refractivity contribution in [3.05, 3.63) is 51.5 Å². The van der Waals surface area contributed by atoms with E-state index in [1.165, 1.54) is 0 Å². The van der Waals surface area contributed by atoms with E-state index in [-0.39, 0.29) is 0 Å². The molecule has 0 aliphatic carbocycles. The maximum Gasteiger partial charge on any atom is 0.0599 e. The molecule has 0 bridgehead atoms. The Bertz CT molecular complexity index is 558. The Labute approximate surface area is 143 Å². The second kappa shape index (κ2) is 8.81. The molecule has 0 spiro atoms. The number of thioether (sulfide) groups is 1. The quantitative estimate of drug-likeness (QED) is 0.586. The molecule has 0 aliphatic heterocycles. The lowest BCUT2D eigenvalue weighted by atomic mass is 10.3. The number of nitrogens with one attached hydrogen (secondary N) is 1. The van der Waals surface area contributed by atoms with Crippen molar-refractivity contribution < 1.29 is 0 Å². The zero-order valence-corrected chi connectivity index (χ0v) is 14.2. The van der Waals surface area contributed by atoms with Crippen LogP contribution < -0.4 is 5.32 Å². The molecule has 0 aliphatic rings. The van der Waals surface area contributed by atoms with Gasteiger partial charge in [0.25, 0.3) is 0 Å². The fourth-order valence-corrected chi connectivity index (χ4v) is 3.68. The fraction of sp³-hybridized carbons (Fsp3) is 0.286. The number of hydrogen-bond acceptors (Lipinski definition) is 4. The molecule has 0 radical (unpaired) electrons. The second-order valence-electron chi connectivity index (χ2n) is 4.24. The standard InChI is InChI=1S/C14H14Cl3N3S/c15-10-7-12(16)14(13(17)8-10)21-6-5-18-2-1-11-9-19-3-4-20-11/h3-4,7-9,18H,1-2,5-6H2. The molecule has 1 N–H and O–H groups in total. The third kappa shape index (κ3) is 5.64. The summed E-state index contributed by atoms with van der Waals surface area (Å²) in [5, 5.41) is 5.09. The van der Waals surface area contributed by atoms with Crippen LogP contribution in [0.25, 0.3) is 0 Å². The van der Waals surface area contributed by atoms with E-state index in [4.69, 9.17) is 34.8 Å². The van der Waals surface area contributed by atoms with Gasteiger partial charge < -0.3 is 5.32 Å². The van der Waals surface area contributed by atoms with Crippen molar-refractivity contribution >= 4 is 46.6 Å². The van der Waals surface area contributed by atoms with Crippen LogP contribution in [0, 0.1) is 0 Å². The van der Waals surface area contributed by atoms with E-state index in [1.54, 1.807) is 42.5 Å². The van der Waals surface area contributed by atoms with Gasteiger partial charge in [-0.3, -0.25) is 9.97 Å². The molecular formula is C14H14Cl3N3S. The van der Waals surface area contributed by atoms with Gasteiger partial charge in [0.05, 0.1) is 15.7 Å². The Kier molecular flexibility index (Phi) is 7.07. The van der Waals surface area contributed by atoms with Gasteiger partial charge in [0.15, 0.2) is 0 Å². The highest BCUT2D eigenvalue weighted by Crippen LogP contribution is 2.36. The van der Waals surface area contributed by atoms with E-state index >= 15 is 0 Å². The van der Waals surface area contributed by atoms with Crippen LogP contribution in [0.15, 0.2) is 35.6 Å². The molecule has 0 amide bonds. The van der Waals surface area contributed by atoms with Gasteiger partial charge in [-0.1, -0.05) is 34.8 Å². The molecule has 3 nitrogen and oxygen atoms in total. The third-order valence-electron chi connectivity index (χ3n) is 2.66. The summed E-state index contributed by atoms with van der Waals surface area (Å²) in [5.41, 5.74) is 0.987. The smallest absolute Gasteiger partial charge is 0.0599 e. The third-order valence-corrected chi connectivity index (χ3v) is 4.84. The van der Waals surface area contributed by atoms with Crippen molar-refractivity contribution in [1.29, 1.82) is 0 Å². The van der Waals surface area contributed by atoms with Crippen LogP contribution in [0.2, 0.25) is 15.1 Å². The van der Waals surface area contributed by atoms with Crippen LogP contribution in [-0.2, 0) is 6.42 Å². The lowest BCUT2D eigenvalue weighted by Crippen LogP contribution is -2.20. The first kappa shape index (κ1) is 16.8. The van der Waals surface area contributed by atoms with Crippen LogP contribution in [0.5, 0.6) is 0 Å². The van der Waals surface area contributed by atoms with E-state index in [2.05, 4.69) is 15.3 Å². The number of rotatable bonds is 7. The molecule has 7 heteroatoms. The molecule has 1 heterocycles. The molecular weight excluding hydrogens is 349 g/mol. The van der Waals surface area contributed by atoms with Crippen LogP contribution in [0.1, 0.15) is 5.69 Å². The summed E-state index contributed by atoms with van der Waals surface area (Å²) in [4.78, 5) is 9.13. The van der Waals surface area contributed by atoms with Gasteiger partial charge in [-0.05, 0) is 12.1 Å². The van der Waals surface area contributed by atoms with Crippen LogP contribution >= 0.6 is 46.6 Å². The highest BCUT2D eigenvalue weighted by molar-refractivity contribution is 7.99. The largest absolute Gasteiger partial charge is 0.316 e. The summed E-state index contributed by atoms with van der Waals surface area (Å²) in [6.07, 6.45) is 6.02. The Morgan fingerprint density at radius 2 is 1.81 bits per heavy atom. The Morgan fingerprint density at radius 3 is 2.48 bits per heavy atom. The van der Waals surface area contributed by atoms with Gasteiger partial charge in [0, 0.05) is 53.8 Å². The lowest BCUT2D eigenvalue weighted by Gasteiger charge is -2.08. The zero-order valence-electron chi connectivity index (χ0n) is 11.2. The van der Waals surface area contributed by atoms with Crippen LogP contribution in [0.4, 0.5) is 0 Å². The molecule has 2 aromatic rings. The summed E-state index contributed by atoms with van der Waals surface area (Å²) >= 11 is 19.8. The molecule has 1 aromatic carbocycles. The molecule has 1 aromatic heterocycles. The lowest BCUT2D eigenvalue weighted by molar-refractivity contribution is 0.710. The normalized spacial score (nSPS) is 10.8. The van der Waals surface area contributed by atoms with Crippen LogP contribution in [-0.4, -0.2) is 28.8 Å². The fourth-order valence-electron chi connectivity index (χ4n) is 1.69. The summed E-state index contributed by atoms with van der Waals surface area (Å²) in [7, 11) is 0. The van der Waals surface area contributed by atoms with Crippen molar-refractivity contribution in [3.63, 3.8) is 0 Å². The SMILES string of the molecule is Clc1cc(Cl)c(SCCNCCc2cnccn2)c(Cl)c1. The molecule has 0 unspecified atom stereocenters. The maximum absolute atomic E-state index is 6.13. The van der Waals surface area contributed by atoms with Gasteiger partial charge >= 0.3 is 0 Å². The summed E-state index contributed by atoms with van der Waals surface area (Å²) in [6, 6.07) is 3.41. The minimum atomic E-state index is 0.552. The average Bonchev–Trinajstić information content (AvgIpc) is 2.45. The molecule has 2 rings (SSSR count). The summed E-state index contributed by atoms with van der Waals surface area (Å²) in [5.74, 6) is 0.877. The maximum atomic E-state index is 6.13. The minimum Gasteiger partial charge on any atom is -0.316 e. The topological polar surface area (TPSA) is 37.8 Å². The average molecular weight is 363 g/mol. The van der Waals surface area contributed by atoms with Crippen molar-refractivity contribution in [3.8, 4) is 0 Å². The van der Waals surface area contributed by atoms with Gasteiger partial charge in [0.1, 0.15) is 0 Å². The molecule has 0 fully saturated rings. The van der Waals surface area contributed by atoms with E-state index < -0.39 is 0 Å². The first-order valence-electron chi connectivity index (χ1n) is 6.40. The van der Waals surface area contributed by atoms with E-state index in [0.29, 0.717) is 15.1 Å². The van der Waals surface area contributed by atoms with Gasteiger partial charge in [0.2, 0.25) is 0 Å². The van der Waals surface area contributed by atoms with Crippen molar-refractivity contribution in [2.75, 3.05) is 18.8 Å². The molecule has 0 saturated heterocycles. The monoisotopic (exact) mass is 361 g/mol. The van der Waals surface area contributed by atoms with E-state index in [1.807, 2.05) is 0 Å². The Morgan fingerprint density at radius 1 is 1.05 bits per heavy atom.